The molecule has 0 radical (unpaired) electrons. The summed E-state index contributed by atoms with van der Waals surface area (Å²) in [5.74, 6) is 0. The molecule has 1 aliphatic heterocycles. The number of hydrogen-bond donors (Lipinski definition) is 1. The van der Waals surface area contributed by atoms with Crippen molar-refractivity contribution in [2.75, 3.05) is 13.1 Å². The average molecular weight is 361 g/mol. The van der Waals surface area contributed by atoms with Gasteiger partial charge < -0.3 is 10.0 Å². The molecular formula is C21H19N3O3. The summed E-state index contributed by atoms with van der Waals surface area (Å²) in [7, 11) is 0. The van der Waals surface area contributed by atoms with Crippen LogP contribution in [0, 0.1) is 0 Å². The van der Waals surface area contributed by atoms with Gasteiger partial charge in [0.05, 0.1) is 5.56 Å². The van der Waals surface area contributed by atoms with Crippen LogP contribution in [0.4, 0.5) is 4.79 Å². The fourth-order valence-corrected chi connectivity index (χ4v) is 3.41. The van der Waals surface area contributed by atoms with Crippen molar-refractivity contribution in [1.82, 2.24) is 14.3 Å². The van der Waals surface area contributed by atoms with Gasteiger partial charge in [0.15, 0.2) is 0 Å². The molecule has 3 heterocycles. The van der Waals surface area contributed by atoms with Gasteiger partial charge in [0.2, 0.25) is 0 Å². The minimum atomic E-state index is -0.894. The van der Waals surface area contributed by atoms with Gasteiger partial charge >= 0.3 is 6.09 Å². The van der Waals surface area contributed by atoms with E-state index in [0.29, 0.717) is 37.1 Å². The quantitative estimate of drug-likeness (QED) is 0.758. The Bertz CT molecular complexity index is 1080. The number of carboxylic acid groups (broad SMARTS) is 1. The predicted molar refractivity (Wildman–Crippen MR) is 104 cm³/mol. The highest BCUT2D eigenvalue weighted by atomic mass is 16.4. The SMILES string of the molecule is O=C(O)N1CCC(=Cc2cnc3c(-c4ccccc4)cccn3c2=O)CC1. The molecule has 0 spiro atoms. The smallest absolute Gasteiger partial charge is 0.407 e. The molecule has 1 aliphatic rings. The molecule has 0 unspecified atom stereocenters. The first-order valence-corrected chi connectivity index (χ1v) is 8.86. The summed E-state index contributed by atoms with van der Waals surface area (Å²) in [6, 6.07) is 13.7. The van der Waals surface area contributed by atoms with E-state index < -0.39 is 6.09 Å². The Morgan fingerprint density at radius 3 is 2.52 bits per heavy atom. The molecule has 27 heavy (non-hydrogen) atoms. The lowest BCUT2D eigenvalue weighted by atomic mass is 10.0. The first kappa shape index (κ1) is 17.0. The van der Waals surface area contributed by atoms with Gasteiger partial charge in [0.1, 0.15) is 5.65 Å². The Morgan fingerprint density at radius 1 is 1.07 bits per heavy atom. The van der Waals surface area contributed by atoms with Gasteiger partial charge in [0.25, 0.3) is 5.56 Å². The highest BCUT2D eigenvalue weighted by Gasteiger charge is 2.18. The number of hydrogen-bond acceptors (Lipinski definition) is 3. The Labute approximate surface area is 156 Å². The van der Waals surface area contributed by atoms with Crippen LogP contribution in [-0.2, 0) is 0 Å². The Kier molecular flexibility index (Phi) is 4.46. The van der Waals surface area contributed by atoms with E-state index >= 15 is 0 Å². The van der Waals surface area contributed by atoms with Crippen LogP contribution in [0.25, 0.3) is 22.9 Å². The summed E-state index contributed by atoms with van der Waals surface area (Å²) in [4.78, 5) is 29.9. The van der Waals surface area contributed by atoms with Gasteiger partial charge in [-0.15, -0.1) is 0 Å². The molecule has 1 aromatic carbocycles. The molecule has 1 saturated heterocycles. The Balaban J connectivity index is 1.71. The molecule has 1 fully saturated rings. The molecule has 0 atom stereocenters. The van der Waals surface area contributed by atoms with E-state index in [0.717, 1.165) is 16.7 Å². The molecule has 4 rings (SSSR count). The molecule has 1 amide bonds. The maximum absolute atomic E-state index is 12.9. The van der Waals surface area contributed by atoms with Crippen LogP contribution in [0.5, 0.6) is 0 Å². The minimum absolute atomic E-state index is 0.119. The molecule has 3 aromatic rings. The minimum Gasteiger partial charge on any atom is -0.465 e. The van der Waals surface area contributed by atoms with Crippen molar-refractivity contribution in [3.05, 3.63) is 76.3 Å². The van der Waals surface area contributed by atoms with Crippen LogP contribution < -0.4 is 5.56 Å². The maximum Gasteiger partial charge on any atom is 0.407 e. The third-order valence-corrected chi connectivity index (χ3v) is 4.88. The zero-order valence-electron chi connectivity index (χ0n) is 14.7. The highest BCUT2D eigenvalue weighted by molar-refractivity contribution is 5.77. The van der Waals surface area contributed by atoms with Gasteiger partial charge in [-0.25, -0.2) is 9.78 Å². The highest BCUT2D eigenvalue weighted by Crippen LogP contribution is 2.23. The number of rotatable bonds is 2. The normalized spacial score (nSPS) is 14.4. The van der Waals surface area contributed by atoms with Crippen molar-refractivity contribution >= 4 is 17.8 Å². The summed E-state index contributed by atoms with van der Waals surface area (Å²) in [6.07, 6.45) is 5.58. The zero-order chi connectivity index (χ0) is 18.8. The van der Waals surface area contributed by atoms with Crippen LogP contribution in [-0.4, -0.2) is 38.6 Å². The van der Waals surface area contributed by atoms with Crippen LogP contribution in [0.1, 0.15) is 18.4 Å². The Hall–Kier alpha value is -3.41. The van der Waals surface area contributed by atoms with E-state index in [4.69, 9.17) is 5.11 Å². The third kappa shape index (κ3) is 3.33. The maximum atomic E-state index is 12.9. The van der Waals surface area contributed by atoms with Crippen LogP contribution in [0.3, 0.4) is 0 Å². The number of amides is 1. The van der Waals surface area contributed by atoms with Gasteiger partial charge in [-0.1, -0.05) is 35.9 Å². The van der Waals surface area contributed by atoms with E-state index in [1.807, 2.05) is 48.5 Å². The zero-order valence-corrected chi connectivity index (χ0v) is 14.7. The molecule has 1 N–H and O–H groups in total. The molecule has 0 saturated carbocycles. The number of piperidine rings is 1. The fraction of sp³-hybridized carbons (Fsp3) is 0.190. The standard InChI is InChI=1S/C21H19N3O3/c25-20-17(13-15-8-11-23(12-9-15)21(26)27)14-22-19-18(7-4-10-24(19)20)16-5-2-1-3-6-16/h1-7,10,13-14H,8-9,11-12H2,(H,26,27). The first-order chi connectivity index (χ1) is 13.1. The van der Waals surface area contributed by atoms with E-state index in [-0.39, 0.29) is 5.56 Å². The topological polar surface area (TPSA) is 74.9 Å². The molecule has 6 nitrogen and oxygen atoms in total. The van der Waals surface area contributed by atoms with Crippen LogP contribution in [0.15, 0.2) is 65.2 Å². The van der Waals surface area contributed by atoms with E-state index in [1.54, 1.807) is 16.8 Å². The van der Waals surface area contributed by atoms with Crippen LogP contribution >= 0.6 is 0 Å². The summed E-state index contributed by atoms with van der Waals surface area (Å²) in [6.45, 7) is 0.920. The van der Waals surface area contributed by atoms with Crippen molar-refractivity contribution in [2.24, 2.45) is 0 Å². The average Bonchev–Trinajstić information content (AvgIpc) is 2.71. The van der Waals surface area contributed by atoms with E-state index in [1.165, 1.54) is 4.90 Å². The second-order valence-corrected chi connectivity index (χ2v) is 6.57. The molecule has 2 aromatic heterocycles. The summed E-state index contributed by atoms with van der Waals surface area (Å²) in [5.41, 5.74) is 4.02. The second-order valence-electron chi connectivity index (χ2n) is 6.57. The number of aromatic nitrogens is 2. The van der Waals surface area contributed by atoms with Crippen LogP contribution in [0.2, 0.25) is 0 Å². The number of benzene rings is 1. The van der Waals surface area contributed by atoms with Crippen molar-refractivity contribution in [3.8, 4) is 11.1 Å². The van der Waals surface area contributed by atoms with Crippen molar-refractivity contribution in [2.45, 2.75) is 12.8 Å². The van der Waals surface area contributed by atoms with Gasteiger partial charge in [0, 0.05) is 31.0 Å². The summed E-state index contributed by atoms with van der Waals surface area (Å²) in [5, 5.41) is 9.04. The van der Waals surface area contributed by atoms with Gasteiger partial charge in [-0.05, 0) is 36.6 Å². The molecule has 0 bridgehead atoms. The summed E-state index contributed by atoms with van der Waals surface area (Å²) >= 11 is 0. The lowest BCUT2D eigenvalue weighted by Gasteiger charge is -2.25. The predicted octanol–water partition coefficient (Wildman–Crippen LogP) is 3.52. The Morgan fingerprint density at radius 2 is 1.81 bits per heavy atom. The number of fused-ring (bicyclic) bond motifs is 1. The molecule has 0 aliphatic carbocycles. The number of pyridine rings is 1. The van der Waals surface area contributed by atoms with E-state index in [9.17, 15) is 9.59 Å². The van der Waals surface area contributed by atoms with Gasteiger partial charge in [-0.2, -0.15) is 0 Å². The number of likely N-dealkylation sites (tertiary alicyclic amines) is 1. The lowest BCUT2D eigenvalue weighted by molar-refractivity contribution is 0.142. The monoisotopic (exact) mass is 361 g/mol. The van der Waals surface area contributed by atoms with Crippen molar-refractivity contribution in [3.63, 3.8) is 0 Å². The third-order valence-electron chi connectivity index (χ3n) is 4.88. The van der Waals surface area contributed by atoms with Crippen molar-refractivity contribution in [1.29, 1.82) is 0 Å². The number of nitrogens with zero attached hydrogens (tertiary/aromatic N) is 3. The lowest BCUT2D eigenvalue weighted by Crippen LogP contribution is -2.35. The van der Waals surface area contributed by atoms with Gasteiger partial charge in [-0.3, -0.25) is 9.20 Å². The largest absolute Gasteiger partial charge is 0.465 e. The first-order valence-electron chi connectivity index (χ1n) is 8.86. The molecule has 136 valence electrons. The van der Waals surface area contributed by atoms with E-state index in [2.05, 4.69) is 4.98 Å². The molecular weight excluding hydrogens is 342 g/mol. The number of carbonyl (C=O) groups is 1. The summed E-state index contributed by atoms with van der Waals surface area (Å²) < 4.78 is 1.57. The fourth-order valence-electron chi connectivity index (χ4n) is 3.41. The molecule has 6 heteroatoms. The second kappa shape index (κ2) is 7.07. The van der Waals surface area contributed by atoms with Crippen molar-refractivity contribution < 1.29 is 9.90 Å².